The van der Waals surface area contributed by atoms with Crippen LogP contribution in [0.2, 0.25) is 0 Å². The minimum absolute atomic E-state index is 0.732. The average Bonchev–Trinajstić information content (AvgIpc) is 2.49. The van der Waals surface area contributed by atoms with E-state index < -0.39 is 0 Å². The van der Waals surface area contributed by atoms with Crippen molar-refractivity contribution in [2.24, 2.45) is 5.73 Å². The number of aromatic nitrogens is 1. The van der Waals surface area contributed by atoms with E-state index in [2.05, 4.69) is 40.2 Å². The summed E-state index contributed by atoms with van der Waals surface area (Å²) in [5, 5.41) is 0. The molecule has 0 radical (unpaired) electrons. The van der Waals surface area contributed by atoms with Crippen molar-refractivity contribution in [2.45, 2.75) is 12.8 Å². The van der Waals surface area contributed by atoms with Gasteiger partial charge in [-0.3, -0.25) is 4.98 Å². The summed E-state index contributed by atoms with van der Waals surface area (Å²) in [5.41, 5.74) is 8.16. The molecule has 0 amide bonds. The first-order valence-electron chi connectivity index (χ1n) is 6.79. The van der Waals surface area contributed by atoms with Crippen LogP contribution in [0.5, 0.6) is 0 Å². The largest absolute Gasteiger partial charge is 0.371 e. The maximum atomic E-state index is 5.63. The number of para-hydroxylation sites is 1. The van der Waals surface area contributed by atoms with Crippen molar-refractivity contribution in [1.29, 1.82) is 0 Å². The average molecular weight is 255 g/mol. The third kappa shape index (κ3) is 4.38. The van der Waals surface area contributed by atoms with Crippen LogP contribution >= 0.6 is 0 Å². The van der Waals surface area contributed by atoms with Crippen LogP contribution in [-0.4, -0.2) is 24.6 Å². The van der Waals surface area contributed by atoms with Gasteiger partial charge < -0.3 is 10.6 Å². The Balaban J connectivity index is 1.98. The number of hydrogen-bond acceptors (Lipinski definition) is 3. The Morgan fingerprint density at radius 2 is 1.84 bits per heavy atom. The van der Waals surface area contributed by atoms with Crippen molar-refractivity contribution in [1.82, 2.24) is 4.98 Å². The van der Waals surface area contributed by atoms with Crippen LogP contribution in [0.25, 0.3) is 0 Å². The highest BCUT2D eigenvalue weighted by atomic mass is 15.1. The first kappa shape index (κ1) is 13.6. The van der Waals surface area contributed by atoms with Gasteiger partial charge in [0.1, 0.15) is 0 Å². The predicted molar refractivity (Wildman–Crippen MR) is 80.3 cm³/mol. The van der Waals surface area contributed by atoms with Gasteiger partial charge in [-0.15, -0.1) is 0 Å². The first-order chi connectivity index (χ1) is 9.40. The van der Waals surface area contributed by atoms with E-state index in [-0.39, 0.29) is 0 Å². The minimum atomic E-state index is 0.732. The molecule has 1 heterocycles. The molecular formula is C16H21N3. The second kappa shape index (κ2) is 7.54. The highest BCUT2D eigenvalue weighted by Crippen LogP contribution is 2.14. The third-order valence-electron chi connectivity index (χ3n) is 3.15. The SMILES string of the molecule is NCCCN(CCc1cccnc1)c1ccccc1. The lowest BCUT2D eigenvalue weighted by atomic mass is 10.2. The van der Waals surface area contributed by atoms with E-state index in [4.69, 9.17) is 5.73 Å². The fraction of sp³-hybridized carbons (Fsp3) is 0.312. The molecule has 100 valence electrons. The fourth-order valence-corrected chi connectivity index (χ4v) is 2.10. The van der Waals surface area contributed by atoms with Gasteiger partial charge in [0.2, 0.25) is 0 Å². The lowest BCUT2D eigenvalue weighted by molar-refractivity contribution is 0.728. The summed E-state index contributed by atoms with van der Waals surface area (Å²) in [6, 6.07) is 14.6. The van der Waals surface area contributed by atoms with E-state index in [1.165, 1.54) is 11.3 Å². The van der Waals surface area contributed by atoms with Crippen LogP contribution in [0.4, 0.5) is 5.69 Å². The summed E-state index contributed by atoms with van der Waals surface area (Å²) in [6.07, 6.45) is 5.77. The number of pyridine rings is 1. The van der Waals surface area contributed by atoms with Crippen LogP contribution in [0.1, 0.15) is 12.0 Å². The summed E-state index contributed by atoms with van der Waals surface area (Å²) in [4.78, 5) is 6.55. The molecule has 19 heavy (non-hydrogen) atoms. The Labute approximate surface area is 115 Å². The Hall–Kier alpha value is -1.87. The van der Waals surface area contributed by atoms with Gasteiger partial charge in [0.05, 0.1) is 0 Å². The number of anilines is 1. The summed E-state index contributed by atoms with van der Waals surface area (Å²) < 4.78 is 0. The van der Waals surface area contributed by atoms with Crippen molar-refractivity contribution in [3.63, 3.8) is 0 Å². The normalized spacial score (nSPS) is 10.4. The summed E-state index contributed by atoms with van der Waals surface area (Å²) in [7, 11) is 0. The summed E-state index contributed by atoms with van der Waals surface area (Å²) in [6.45, 7) is 2.73. The van der Waals surface area contributed by atoms with Crippen LogP contribution in [0, 0.1) is 0 Å². The van der Waals surface area contributed by atoms with Crippen molar-refractivity contribution < 1.29 is 0 Å². The molecule has 2 aromatic rings. The Bertz CT molecular complexity index is 456. The maximum absolute atomic E-state index is 5.63. The number of benzene rings is 1. The van der Waals surface area contributed by atoms with Crippen LogP contribution < -0.4 is 10.6 Å². The zero-order valence-electron chi connectivity index (χ0n) is 11.2. The van der Waals surface area contributed by atoms with Gasteiger partial charge in [-0.1, -0.05) is 24.3 Å². The molecule has 0 saturated carbocycles. The number of nitrogens with two attached hydrogens (primary N) is 1. The fourth-order valence-electron chi connectivity index (χ4n) is 2.10. The molecule has 0 saturated heterocycles. The van der Waals surface area contributed by atoms with E-state index in [9.17, 15) is 0 Å². The highest BCUT2D eigenvalue weighted by molar-refractivity contribution is 5.46. The number of hydrogen-bond donors (Lipinski definition) is 1. The molecule has 0 spiro atoms. The second-order valence-corrected chi connectivity index (χ2v) is 4.58. The van der Waals surface area contributed by atoms with Crippen molar-refractivity contribution in [2.75, 3.05) is 24.5 Å². The topological polar surface area (TPSA) is 42.1 Å². The molecule has 1 aromatic heterocycles. The molecule has 0 aliphatic heterocycles. The molecule has 0 bridgehead atoms. The maximum Gasteiger partial charge on any atom is 0.0366 e. The Kier molecular flexibility index (Phi) is 5.38. The molecule has 0 aliphatic carbocycles. The molecule has 0 aliphatic rings. The van der Waals surface area contributed by atoms with Gasteiger partial charge in [-0.05, 0) is 43.1 Å². The lowest BCUT2D eigenvalue weighted by Gasteiger charge is -2.24. The highest BCUT2D eigenvalue weighted by Gasteiger charge is 2.05. The minimum Gasteiger partial charge on any atom is -0.371 e. The van der Waals surface area contributed by atoms with Gasteiger partial charge in [-0.25, -0.2) is 0 Å². The number of nitrogens with zero attached hydrogens (tertiary/aromatic N) is 2. The molecule has 3 nitrogen and oxygen atoms in total. The monoisotopic (exact) mass is 255 g/mol. The zero-order chi connectivity index (χ0) is 13.3. The standard InChI is InChI=1S/C16H21N3/c17-10-5-12-19(16-7-2-1-3-8-16)13-9-15-6-4-11-18-14-15/h1-4,6-8,11,14H,5,9-10,12-13,17H2. The molecule has 0 atom stereocenters. The molecule has 0 unspecified atom stereocenters. The Morgan fingerprint density at radius 3 is 2.53 bits per heavy atom. The summed E-state index contributed by atoms with van der Waals surface area (Å²) >= 11 is 0. The molecule has 2 rings (SSSR count). The molecule has 3 heteroatoms. The zero-order valence-corrected chi connectivity index (χ0v) is 11.2. The van der Waals surface area contributed by atoms with Crippen LogP contribution in [0.3, 0.4) is 0 Å². The van der Waals surface area contributed by atoms with E-state index in [0.717, 1.165) is 32.5 Å². The Morgan fingerprint density at radius 1 is 1.00 bits per heavy atom. The lowest BCUT2D eigenvalue weighted by Crippen LogP contribution is -2.28. The van der Waals surface area contributed by atoms with Crippen molar-refractivity contribution in [3.05, 3.63) is 60.4 Å². The van der Waals surface area contributed by atoms with Gasteiger partial charge in [0.15, 0.2) is 0 Å². The predicted octanol–water partition coefficient (Wildman–Crippen LogP) is 2.48. The van der Waals surface area contributed by atoms with E-state index in [0.29, 0.717) is 0 Å². The quantitative estimate of drug-likeness (QED) is 0.826. The summed E-state index contributed by atoms with van der Waals surface area (Å²) in [5.74, 6) is 0. The van der Waals surface area contributed by atoms with Gasteiger partial charge >= 0.3 is 0 Å². The van der Waals surface area contributed by atoms with Crippen LogP contribution in [0.15, 0.2) is 54.9 Å². The van der Waals surface area contributed by atoms with Gasteiger partial charge in [0.25, 0.3) is 0 Å². The van der Waals surface area contributed by atoms with Crippen molar-refractivity contribution >= 4 is 5.69 Å². The smallest absolute Gasteiger partial charge is 0.0366 e. The molecule has 2 N–H and O–H groups in total. The first-order valence-corrected chi connectivity index (χ1v) is 6.79. The van der Waals surface area contributed by atoms with E-state index in [1.807, 2.05) is 24.5 Å². The van der Waals surface area contributed by atoms with Gasteiger partial charge in [-0.2, -0.15) is 0 Å². The molecular weight excluding hydrogens is 234 g/mol. The number of rotatable bonds is 7. The van der Waals surface area contributed by atoms with Crippen LogP contribution in [-0.2, 0) is 6.42 Å². The third-order valence-corrected chi connectivity index (χ3v) is 3.15. The second-order valence-electron chi connectivity index (χ2n) is 4.58. The van der Waals surface area contributed by atoms with E-state index in [1.54, 1.807) is 0 Å². The van der Waals surface area contributed by atoms with Gasteiger partial charge in [0, 0.05) is 31.2 Å². The molecule has 1 aromatic carbocycles. The van der Waals surface area contributed by atoms with E-state index >= 15 is 0 Å². The molecule has 0 fully saturated rings. The van der Waals surface area contributed by atoms with Crippen molar-refractivity contribution in [3.8, 4) is 0 Å².